The summed E-state index contributed by atoms with van der Waals surface area (Å²) in [6.45, 7) is 3.21. The molecule has 1 atom stereocenters. The van der Waals surface area contributed by atoms with E-state index in [0.717, 1.165) is 19.3 Å². The second-order valence-electron chi connectivity index (χ2n) is 8.28. The third kappa shape index (κ3) is 3.47. The van der Waals surface area contributed by atoms with E-state index in [1.165, 1.54) is 16.9 Å². The second kappa shape index (κ2) is 8.22. The Morgan fingerprint density at radius 3 is 2.85 bits per heavy atom. The van der Waals surface area contributed by atoms with E-state index < -0.39 is 17.0 Å². The summed E-state index contributed by atoms with van der Waals surface area (Å²) in [6.07, 6.45) is 7.36. The fraction of sp³-hybridized carbons (Fsp3) is 0.348. The number of halogens is 2. The zero-order valence-corrected chi connectivity index (χ0v) is 18.8. The van der Waals surface area contributed by atoms with Gasteiger partial charge in [0.1, 0.15) is 12.0 Å². The quantitative estimate of drug-likeness (QED) is 0.632. The minimum absolute atomic E-state index is 0.0165. The monoisotopic (exact) mass is 471 g/mol. The number of hydrogen-bond acceptors (Lipinski definition) is 5. The van der Waals surface area contributed by atoms with E-state index in [4.69, 9.17) is 11.6 Å². The Hall–Kier alpha value is -3.33. The van der Waals surface area contributed by atoms with Gasteiger partial charge < -0.3 is 10.0 Å². The van der Waals surface area contributed by atoms with Crippen LogP contribution in [0.15, 0.2) is 41.6 Å². The number of carbonyl (C=O) groups is 1. The van der Waals surface area contributed by atoms with Crippen molar-refractivity contribution in [3.8, 4) is 16.9 Å². The first-order chi connectivity index (χ1) is 15.9. The van der Waals surface area contributed by atoms with Crippen LogP contribution >= 0.6 is 11.6 Å². The van der Waals surface area contributed by atoms with Crippen molar-refractivity contribution >= 4 is 17.5 Å². The Kier molecular flexibility index (Phi) is 5.36. The van der Waals surface area contributed by atoms with Crippen LogP contribution < -0.4 is 10.4 Å². The van der Waals surface area contributed by atoms with Crippen molar-refractivity contribution in [3.63, 3.8) is 0 Å². The molecule has 0 aliphatic carbocycles. The van der Waals surface area contributed by atoms with Crippen LogP contribution in [0.2, 0.25) is 5.02 Å². The van der Waals surface area contributed by atoms with Crippen LogP contribution in [0.5, 0.6) is 5.75 Å². The molecule has 33 heavy (non-hydrogen) atoms. The number of rotatable bonds is 4. The van der Waals surface area contributed by atoms with Crippen molar-refractivity contribution in [1.82, 2.24) is 19.4 Å². The Labute approximate surface area is 194 Å². The summed E-state index contributed by atoms with van der Waals surface area (Å²) in [5.74, 6) is -1.44. The number of benzene rings is 1. The lowest BCUT2D eigenvalue weighted by molar-refractivity contribution is 0.0536. The Balaban J connectivity index is 1.56. The highest BCUT2D eigenvalue weighted by molar-refractivity contribution is 6.30. The lowest BCUT2D eigenvalue weighted by Gasteiger charge is -2.48. The summed E-state index contributed by atoms with van der Waals surface area (Å²) < 4.78 is 17.4. The summed E-state index contributed by atoms with van der Waals surface area (Å²) >= 11 is 5.86. The highest BCUT2D eigenvalue weighted by atomic mass is 35.5. The van der Waals surface area contributed by atoms with Crippen LogP contribution in [0.25, 0.3) is 11.1 Å². The molecule has 0 radical (unpaired) electrons. The molecular weight excluding hydrogens is 449 g/mol. The molecule has 0 unspecified atom stereocenters. The van der Waals surface area contributed by atoms with Crippen molar-refractivity contribution in [1.29, 1.82) is 0 Å². The number of fused-ring (bicyclic) bond motifs is 3. The number of aromatic nitrogens is 3. The maximum absolute atomic E-state index is 14.3. The van der Waals surface area contributed by atoms with Gasteiger partial charge >= 0.3 is 0 Å². The predicted octanol–water partition coefficient (Wildman–Crippen LogP) is 3.18. The molecule has 0 bridgehead atoms. The van der Waals surface area contributed by atoms with Gasteiger partial charge in [-0.15, -0.1) is 0 Å². The number of pyridine rings is 1. The predicted molar refractivity (Wildman–Crippen MR) is 122 cm³/mol. The molecule has 1 aromatic carbocycles. The normalized spacial score (nSPS) is 17.8. The molecule has 5 rings (SSSR count). The van der Waals surface area contributed by atoms with Crippen LogP contribution in [0, 0.1) is 5.82 Å². The molecule has 0 saturated carbocycles. The lowest BCUT2D eigenvalue weighted by Crippen LogP contribution is -2.62. The van der Waals surface area contributed by atoms with Gasteiger partial charge in [0.05, 0.1) is 23.3 Å². The molecule has 1 fully saturated rings. The third-order valence-electron chi connectivity index (χ3n) is 6.36. The zero-order valence-electron chi connectivity index (χ0n) is 18.0. The molecule has 3 aromatic rings. The first-order valence-electron chi connectivity index (χ1n) is 10.9. The number of carbonyl (C=O) groups excluding carboxylic acids is 1. The molecular formula is C23H23ClFN5O3. The van der Waals surface area contributed by atoms with Crippen LogP contribution in [0.3, 0.4) is 0 Å². The molecule has 172 valence electrons. The molecule has 2 aliphatic heterocycles. The molecule has 2 aromatic heterocycles. The molecule has 10 heteroatoms. The van der Waals surface area contributed by atoms with Gasteiger partial charge in [-0.1, -0.05) is 23.7 Å². The molecule has 1 N–H and O–H groups in total. The van der Waals surface area contributed by atoms with Crippen LogP contribution in [0.1, 0.15) is 42.2 Å². The van der Waals surface area contributed by atoms with Gasteiger partial charge in [0, 0.05) is 36.6 Å². The highest BCUT2D eigenvalue weighted by Gasteiger charge is 2.40. The Morgan fingerprint density at radius 2 is 2.06 bits per heavy atom. The summed E-state index contributed by atoms with van der Waals surface area (Å²) in [7, 11) is 0. The number of hydrogen-bond donors (Lipinski definition) is 1. The van der Waals surface area contributed by atoms with Crippen molar-refractivity contribution < 1.29 is 14.3 Å². The van der Waals surface area contributed by atoms with Crippen molar-refractivity contribution in [3.05, 3.63) is 69.1 Å². The minimum Gasteiger partial charge on any atom is -0.502 e. The largest absolute Gasteiger partial charge is 0.502 e. The topological polar surface area (TPSA) is 83.6 Å². The van der Waals surface area contributed by atoms with Gasteiger partial charge in [-0.3, -0.25) is 24.0 Å². The fourth-order valence-corrected chi connectivity index (χ4v) is 4.92. The van der Waals surface area contributed by atoms with E-state index in [-0.39, 0.29) is 34.9 Å². The third-order valence-corrected chi connectivity index (χ3v) is 6.65. The van der Waals surface area contributed by atoms with E-state index in [2.05, 4.69) is 5.10 Å². The van der Waals surface area contributed by atoms with Gasteiger partial charge in [-0.05, 0) is 32.3 Å². The first-order valence-corrected chi connectivity index (χ1v) is 11.3. The molecule has 4 heterocycles. The molecule has 0 spiro atoms. The number of amides is 1. The maximum atomic E-state index is 14.3. The van der Waals surface area contributed by atoms with E-state index in [1.807, 2.05) is 11.9 Å². The average molecular weight is 472 g/mol. The van der Waals surface area contributed by atoms with E-state index in [9.17, 15) is 19.1 Å². The van der Waals surface area contributed by atoms with Gasteiger partial charge in [0.25, 0.3) is 5.91 Å². The van der Waals surface area contributed by atoms with Crippen LogP contribution in [-0.2, 0) is 6.54 Å². The maximum Gasteiger partial charge on any atom is 0.278 e. The zero-order chi connectivity index (χ0) is 23.3. The van der Waals surface area contributed by atoms with E-state index >= 15 is 0 Å². The van der Waals surface area contributed by atoms with Crippen molar-refractivity contribution in [2.75, 3.05) is 18.1 Å². The highest BCUT2D eigenvalue weighted by Crippen LogP contribution is 2.31. The van der Waals surface area contributed by atoms with Crippen LogP contribution in [-0.4, -0.2) is 49.6 Å². The van der Waals surface area contributed by atoms with Gasteiger partial charge in [-0.25, -0.2) is 4.39 Å². The summed E-state index contributed by atoms with van der Waals surface area (Å²) in [5, 5.41) is 17.1. The smallest absolute Gasteiger partial charge is 0.278 e. The summed E-state index contributed by atoms with van der Waals surface area (Å²) in [4.78, 5) is 27.8. The average Bonchev–Trinajstić information content (AvgIpc) is 3.27. The molecule has 1 saturated heterocycles. The molecule has 1 amide bonds. The fourth-order valence-electron chi connectivity index (χ4n) is 4.72. The summed E-state index contributed by atoms with van der Waals surface area (Å²) in [6, 6.07) is 4.75. The lowest BCUT2D eigenvalue weighted by atomic mass is 10.0. The Bertz CT molecular complexity index is 1300. The van der Waals surface area contributed by atoms with E-state index in [0.29, 0.717) is 24.2 Å². The van der Waals surface area contributed by atoms with Gasteiger partial charge in [-0.2, -0.15) is 5.10 Å². The van der Waals surface area contributed by atoms with Gasteiger partial charge in [0.2, 0.25) is 5.43 Å². The van der Waals surface area contributed by atoms with Crippen molar-refractivity contribution in [2.24, 2.45) is 0 Å². The van der Waals surface area contributed by atoms with Crippen LogP contribution in [0.4, 0.5) is 4.39 Å². The second-order valence-corrected chi connectivity index (χ2v) is 8.69. The summed E-state index contributed by atoms with van der Waals surface area (Å²) in [5.41, 5.74) is 0.387. The first kappa shape index (κ1) is 21.5. The molecule has 8 nitrogen and oxygen atoms in total. The minimum atomic E-state index is -0.644. The van der Waals surface area contributed by atoms with Gasteiger partial charge in [0.15, 0.2) is 11.4 Å². The number of nitrogens with zero attached hydrogens (tertiary/aromatic N) is 5. The van der Waals surface area contributed by atoms with Crippen molar-refractivity contribution in [2.45, 2.75) is 38.9 Å². The standard InChI is InChI=1S/C23H23ClFN5O3/c1-2-28-18-8-3-4-9-29(18)30-13-16(21(31)22(32)20(30)23(28)33)15-10-26-27(12-15)11-14-6-5-7-17(24)19(14)25/h5-7,10,12-13,18,32H,2-4,8-9,11H2,1H3/t18-/m1/s1. The Morgan fingerprint density at radius 1 is 1.24 bits per heavy atom. The number of aromatic hydroxyl groups is 1. The number of piperidine rings is 1. The SMILES string of the molecule is CCN1C(=O)c2c(O)c(=O)c(-c3cnn(Cc4cccc(Cl)c4F)c3)cn2N2CCCC[C@H]12. The van der Waals surface area contributed by atoms with E-state index in [1.54, 1.807) is 34.1 Å². The molecule has 2 aliphatic rings.